The zero-order valence-corrected chi connectivity index (χ0v) is 9.57. The van der Waals surface area contributed by atoms with Gasteiger partial charge in [-0.3, -0.25) is 4.72 Å². The van der Waals surface area contributed by atoms with Gasteiger partial charge in [-0.1, -0.05) is 23.5 Å². The highest BCUT2D eigenvalue weighted by Crippen LogP contribution is 2.36. The van der Waals surface area contributed by atoms with Gasteiger partial charge < -0.3 is 0 Å². The van der Waals surface area contributed by atoms with Crippen LogP contribution in [0.25, 0.3) is 0 Å². The zero-order chi connectivity index (χ0) is 8.97. The molecule has 0 spiro atoms. The van der Waals surface area contributed by atoms with Crippen LogP contribution in [-0.4, -0.2) is 23.9 Å². The Bertz CT molecular complexity index is 203. The van der Waals surface area contributed by atoms with E-state index in [-0.39, 0.29) is 10.7 Å². The molecule has 1 aliphatic heterocycles. The van der Waals surface area contributed by atoms with Gasteiger partial charge in [0.15, 0.2) is 0 Å². The van der Waals surface area contributed by atoms with E-state index in [1.54, 1.807) is 11.8 Å². The van der Waals surface area contributed by atoms with Crippen LogP contribution in [0.3, 0.4) is 0 Å². The number of allylic oxidation sites excluding steroid dienone is 1. The maximum atomic E-state index is 5.85. The molecule has 0 aliphatic carbocycles. The Labute approximate surface area is 86.0 Å². The summed E-state index contributed by atoms with van der Waals surface area (Å²) >= 11 is 7.64. The number of thioether (sulfide) groups is 1. The Morgan fingerprint density at radius 1 is 1.92 bits per heavy atom. The van der Waals surface area contributed by atoms with E-state index < -0.39 is 0 Å². The van der Waals surface area contributed by atoms with Crippen molar-refractivity contribution in [2.24, 2.45) is 0 Å². The standard InChI is InChI=1S/C8H14ClNS2/c1-10-12(2)6-5-7-3-4-8(9)11-7/h4,7,10H,2-3,5-6H2,1H3. The van der Waals surface area contributed by atoms with Crippen molar-refractivity contribution < 1.29 is 0 Å². The molecule has 1 N–H and O–H groups in total. The molecule has 12 heavy (non-hydrogen) atoms. The molecule has 0 bridgehead atoms. The van der Waals surface area contributed by atoms with E-state index in [0.29, 0.717) is 5.25 Å². The molecular weight excluding hydrogens is 210 g/mol. The molecule has 1 rings (SSSR count). The normalized spacial score (nSPS) is 25.5. The molecule has 0 aromatic carbocycles. The summed E-state index contributed by atoms with van der Waals surface area (Å²) in [6.45, 7) is 0. The van der Waals surface area contributed by atoms with Crippen molar-refractivity contribution in [3.05, 3.63) is 10.4 Å². The fourth-order valence-corrected chi connectivity index (χ4v) is 3.36. The Hall–Kier alpha value is 0.560. The molecule has 0 radical (unpaired) electrons. The van der Waals surface area contributed by atoms with Gasteiger partial charge in [0.1, 0.15) is 0 Å². The highest BCUT2D eigenvalue weighted by molar-refractivity contribution is 8.12. The van der Waals surface area contributed by atoms with Gasteiger partial charge in [-0.2, -0.15) is 0 Å². The van der Waals surface area contributed by atoms with E-state index in [4.69, 9.17) is 11.6 Å². The Morgan fingerprint density at radius 2 is 2.67 bits per heavy atom. The molecule has 0 aromatic rings. The van der Waals surface area contributed by atoms with E-state index in [1.165, 1.54) is 6.42 Å². The van der Waals surface area contributed by atoms with Crippen LogP contribution >= 0.6 is 34.0 Å². The molecule has 1 aliphatic rings. The largest absolute Gasteiger partial charge is 0.273 e. The highest BCUT2D eigenvalue weighted by Gasteiger charge is 2.15. The van der Waals surface area contributed by atoms with Gasteiger partial charge >= 0.3 is 0 Å². The molecule has 4 heteroatoms. The van der Waals surface area contributed by atoms with E-state index in [1.807, 2.05) is 7.05 Å². The number of nitrogens with one attached hydrogen (secondary N) is 1. The molecule has 2 atom stereocenters. The van der Waals surface area contributed by atoms with Crippen molar-refractivity contribution in [3.8, 4) is 0 Å². The first-order chi connectivity index (χ1) is 5.72. The minimum absolute atomic E-state index is 0.136. The Morgan fingerprint density at radius 3 is 3.17 bits per heavy atom. The molecule has 0 saturated carbocycles. The summed E-state index contributed by atoms with van der Waals surface area (Å²) in [7, 11) is 2.10. The van der Waals surface area contributed by atoms with Crippen LogP contribution in [0, 0.1) is 0 Å². The summed E-state index contributed by atoms with van der Waals surface area (Å²) in [5.74, 6) is 5.15. The third kappa shape index (κ3) is 3.52. The number of halogens is 1. The van der Waals surface area contributed by atoms with E-state index >= 15 is 0 Å². The molecule has 0 fully saturated rings. The van der Waals surface area contributed by atoms with Gasteiger partial charge in [-0.05, 0) is 19.9 Å². The fraction of sp³-hybridized carbons (Fsp3) is 0.625. The van der Waals surface area contributed by atoms with E-state index in [0.717, 1.165) is 16.5 Å². The Kier molecular flexibility index (Phi) is 4.72. The molecule has 70 valence electrons. The first-order valence-electron chi connectivity index (χ1n) is 3.92. The SMILES string of the molecule is C=S(CCC1CC=C(Cl)S1)NC. The van der Waals surface area contributed by atoms with Crippen LogP contribution in [0.1, 0.15) is 12.8 Å². The second-order valence-corrected chi connectivity index (χ2v) is 6.45. The second kappa shape index (κ2) is 5.32. The average molecular weight is 224 g/mol. The number of hydrogen-bond donors (Lipinski definition) is 1. The summed E-state index contributed by atoms with van der Waals surface area (Å²) in [4.78, 5) is 0. The first kappa shape index (κ1) is 10.6. The lowest BCUT2D eigenvalue weighted by Gasteiger charge is -2.10. The zero-order valence-electron chi connectivity index (χ0n) is 7.18. The minimum Gasteiger partial charge on any atom is -0.273 e. The molecular formula is C8H14ClNS2. The maximum absolute atomic E-state index is 5.85. The Balaban J connectivity index is 2.14. The topological polar surface area (TPSA) is 12.0 Å². The van der Waals surface area contributed by atoms with Gasteiger partial charge in [0.25, 0.3) is 0 Å². The predicted octanol–water partition coefficient (Wildman–Crippen LogP) is 2.80. The van der Waals surface area contributed by atoms with Gasteiger partial charge in [0.2, 0.25) is 0 Å². The van der Waals surface area contributed by atoms with Gasteiger partial charge in [-0.15, -0.1) is 22.4 Å². The van der Waals surface area contributed by atoms with Crippen LogP contribution in [-0.2, 0) is 0 Å². The summed E-state index contributed by atoms with van der Waals surface area (Å²) < 4.78 is 4.12. The van der Waals surface area contributed by atoms with Gasteiger partial charge in [0.05, 0.1) is 4.36 Å². The third-order valence-corrected chi connectivity index (χ3v) is 4.68. The fourth-order valence-electron chi connectivity index (χ4n) is 1.03. The van der Waals surface area contributed by atoms with Crippen molar-refractivity contribution in [1.82, 2.24) is 4.72 Å². The minimum atomic E-state index is 0.136. The lowest BCUT2D eigenvalue weighted by atomic mass is 10.2. The summed E-state index contributed by atoms with van der Waals surface area (Å²) in [5.41, 5.74) is 0. The van der Waals surface area contributed by atoms with Crippen LogP contribution in [0.15, 0.2) is 10.4 Å². The summed E-state index contributed by atoms with van der Waals surface area (Å²) in [5, 5.41) is 0.697. The molecule has 1 nitrogen and oxygen atoms in total. The van der Waals surface area contributed by atoms with Crippen molar-refractivity contribution >= 4 is 39.9 Å². The lowest BCUT2D eigenvalue weighted by molar-refractivity contribution is 0.856. The summed E-state index contributed by atoms with van der Waals surface area (Å²) in [6, 6.07) is 0. The van der Waals surface area contributed by atoms with E-state index in [2.05, 4.69) is 16.7 Å². The van der Waals surface area contributed by atoms with Crippen molar-refractivity contribution in [2.45, 2.75) is 18.1 Å². The van der Waals surface area contributed by atoms with Crippen LogP contribution in [0.2, 0.25) is 0 Å². The molecule has 0 aromatic heterocycles. The quantitative estimate of drug-likeness (QED) is 0.736. The predicted molar refractivity (Wildman–Crippen MR) is 63.2 cm³/mol. The average Bonchev–Trinajstić information content (AvgIpc) is 2.47. The number of hydrogen-bond acceptors (Lipinski definition) is 2. The smallest absolute Gasteiger partial charge is 0.0698 e. The van der Waals surface area contributed by atoms with Crippen LogP contribution in [0.4, 0.5) is 0 Å². The molecule has 0 saturated heterocycles. The lowest BCUT2D eigenvalue weighted by Crippen LogP contribution is -2.04. The van der Waals surface area contributed by atoms with Crippen molar-refractivity contribution in [2.75, 3.05) is 12.8 Å². The molecule has 0 amide bonds. The van der Waals surface area contributed by atoms with Crippen LogP contribution < -0.4 is 4.72 Å². The third-order valence-electron chi connectivity index (χ3n) is 1.80. The summed E-state index contributed by atoms with van der Waals surface area (Å²) in [6.07, 6.45) is 4.45. The van der Waals surface area contributed by atoms with Crippen LogP contribution in [0.5, 0.6) is 0 Å². The number of rotatable bonds is 4. The molecule has 1 heterocycles. The first-order valence-corrected chi connectivity index (χ1v) is 6.74. The van der Waals surface area contributed by atoms with E-state index in [9.17, 15) is 0 Å². The van der Waals surface area contributed by atoms with Gasteiger partial charge in [0, 0.05) is 11.0 Å². The monoisotopic (exact) mass is 223 g/mol. The van der Waals surface area contributed by atoms with Gasteiger partial charge in [-0.25, -0.2) is 0 Å². The van der Waals surface area contributed by atoms with Crippen molar-refractivity contribution in [3.63, 3.8) is 0 Å². The molecule has 2 unspecified atom stereocenters. The maximum Gasteiger partial charge on any atom is 0.0698 e. The second-order valence-electron chi connectivity index (χ2n) is 2.67. The highest BCUT2D eigenvalue weighted by atomic mass is 35.5. The van der Waals surface area contributed by atoms with Crippen molar-refractivity contribution in [1.29, 1.82) is 0 Å².